The summed E-state index contributed by atoms with van der Waals surface area (Å²) < 4.78 is 5.14. The molecule has 0 amide bonds. The van der Waals surface area contributed by atoms with Crippen LogP contribution in [-0.2, 0) is 9.53 Å². The van der Waals surface area contributed by atoms with Crippen LogP contribution in [0.1, 0.15) is 34.1 Å². The summed E-state index contributed by atoms with van der Waals surface area (Å²) in [6.45, 7) is 10.4. The van der Waals surface area contributed by atoms with Gasteiger partial charge in [-0.2, -0.15) is 0 Å². The average molecular weight is 244 g/mol. The summed E-state index contributed by atoms with van der Waals surface area (Å²) in [5.74, 6) is -0.0949. The maximum atomic E-state index is 11.9. The van der Waals surface area contributed by atoms with E-state index in [-0.39, 0.29) is 12.0 Å². The fraction of sp³-hybridized carbons (Fsp3) is 0.923. The molecule has 0 saturated carbocycles. The number of esters is 1. The predicted molar refractivity (Wildman–Crippen MR) is 71.1 cm³/mol. The first-order chi connectivity index (χ1) is 7.97. The fourth-order valence-corrected chi connectivity index (χ4v) is 2.25. The lowest BCUT2D eigenvalue weighted by atomic mass is 10.1. The molecule has 0 aromatic rings. The van der Waals surface area contributed by atoms with Crippen LogP contribution >= 0.6 is 0 Å². The molecule has 0 aromatic carbocycles. The van der Waals surface area contributed by atoms with E-state index in [0.717, 1.165) is 19.5 Å². The van der Waals surface area contributed by atoms with E-state index in [2.05, 4.69) is 37.7 Å². The summed E-state index contributed by atoms with van der Waals surface area (Å²) in [6.07, 6.45) is 0.796. The Morgan fingerprint density at radius 3 is 2.18 bits per heavy atom. The van der Waals surface area contributed by atoms with Crippen LogP contribution in [0.3, 0.4) is 0 Å². The van der Waals surface area contributed by atoms with Crippen molar-refractivity contribution in [1.82, 2.24) is 9.80 Å². The van der Waals surface area contributed by atoms with E-state index in [9.17, 15) is 4.79 Å². The van der Waals surface area contributed by atoms with Gasteiger partial charge in [-0.15, -0.1) is 0 Å². The van der Waals surface area contributed by atoms with E-state index in [1.807, 2.05) is 13.8 Å². The first-order valence-electron chi connectivity index (χ1n) is 6.54. The van der Waals surface area contributed by atoms with Crippen molar-refractivity contribution >= 4 is 5.97 Å². The third kappa shape index (κ3) is 5.50. The zero-order valence-electron chi connectivity index (χ0n) is 12.2. The van der Waals surface area contributed by atoms with Gasteiger partial charge in [-0.3, -0.25) is 9.69 Å². The molecule has 2 atom stereocenters. The van der Waals surface area contributed by atoms with E-state index in [1.54, 1.807) is 0 Å². The number of hydrogen-bond acceptors (Lipinski definition) is 4. The predicted octanol–water partition coefficient (Wildman–Crippen LogP) is 1.60. The van der Waals surface area contributed by atoms with Gasteiger partial charge in [0, 0.05) is 12.6 Å². The van der Waals surface area contributed by atoms with Gasteiger partial charge < -0.3 is 9.64 Å². The molecule has 0 rings (SSSR count). The quantitative estimate of drug-likeness (QED) is 0.607. The van der Waals surface area contributed by atoms with Gasteiger partial charge in [0.15, 0.2) is 0 Å². The minimum atomic E-state index is -0.116. The van der Waals surface area contributed by atoms with Crippen molar-refractivity contribution in [3.05, 3.63) is 0 Å². The Labute approximate surface area is 106 Å². The molecule has 0 aliphatic heterocycles. The van der Waals surface area contributed by atoms with E-state index < -0.39 is 0 Å². The minimum Gasteiger partial charge on any atom is -0.465 e. The Balaban J connectivity index is 4.62. The van der Waals surface area contributed by atoms with Crippen molar-refractivity contribution in [2.45, 2.75) is 46.2 Å². The molecule has 17 heavy (non-hydrogen) atoms. The molecule has 4 heteroatoms. The van der Waals surface area contributed by atoms with E-state index in [1.165, 1.54) is 0 Å². The van der Waals surface area contributed by atoms with Crippen LogP contribution in [0.5, 0.6) is 0 Å². The lowest BCUT2D eigenvalue weighted by Crippen LogP contribution is -2.49. The lowest BCUT2D eigenvalue weighted by Gasteiger charge is -2.35. The summed E-state index contributed by atoms with van der Waals surface area (Å²) in [4.78, 5) is 16.3. The zero-order chi connectivity index (χ0) is 13.4. The van der Waals surface area contributed by atoms with Crippen LogP contribution in [0.15, 0.2) is 0 Å². The number of likely N-dealkylation sites (N-methyl/N-ethyl adjacent to an activating group) is 2. The molecule has 0 saturated heterocycles. The van der Waals surface area contributed by atoms with Gasteiger partial charge in [0.05, 0.1) is 6.61 Å². The van der Waals surface area contributed by atoms with Crippen molar-refractivity contribution < 1.29 is 9.53 Å². The monoisotopic (exact) mass is 244 g/mol. The largest absolute Gasteiger partial charge is 0.465 e. The minimum absolute atomic E-state index is 0.0949. The second kappa shape index (κ2) is 8.48. The highest BCUT2D eigenvalue weighted by molar-refractivity contribution is 5.75. The van der Waals surface area contributed by atoms with Crippen molar-refractivity contribution in [2.75, 3.05) is 33.8 Å². The highest BCUT2D eigenvalue weighted by Crippen LogP contribution is 2.11. The van der Waals surface area contributed by atoms with Gasteiger partial charge >= 0.3 is 5.97 Å². The number of carbonyl (C=O) groups excluding carboxylic acids is 1. The van der Waals surface area contributed by atoms with E-state index in [0.29, 0.717) is 12.6 Å². The van der Waals surface area contributed by atoms with Crippen molar-refractivity contribution in [3.8, 4) is 0 Å². The fourth-order valence-electron chi connectivity index (χ4n) is 2.25. The molecule has 0 heterocycles. The molecule has 0 bridgehead atoms. The van der Waals surface area contributed by atoms with Crippen LogP contribution in [-0.4, -0.2) is 61.6 Å². The van der Waals surface area contributed by atoms with Crippen LogP contribution < -0.4 is 0 Å². The molecule has 4 nitrogen and oxygen atoms in total. The van der Waals surface area contributed by atoms with Gasteiger partial charge in [0.25, 0.3) is 0 Å². The average Bonchev–Trinajstić information content (AvgIpc) is 2.24. The van der Waals surface area contributed by atoms with Crippen molar-refractivity contribution in [2.24, 2.45) is 0 Å². The first-order valence-corrected chi connectivity index (χ1v) is 6.54. The molecule has 0 aromatic heterocycles. The number of carbonyl (C=O) groups is 1. The van der Waals surface area contributed by atoms with E-state index >= 15 is 0 Å². The number of ether oxygens (including phenoxy) is 1. The highest BCUT2D eigenvalue weighted by Gasteiger charge is 2.28. The number of nitrogens with zero attached hydrogens (tertiary/aromatic N) is 2. The number of hydrogen-bond donors (Lipinski definition) is 0. The SMILES string of the molecule is CCOC(=O)C(CC)N(CC)C(C)CN(C)C. The Hall–Kier alpha value is -0.610. The zero-order valence-corrected chi connectivity index (χ0v) is 12.2. The standard InChI is InChI=1S/C13H28N2O2/c1-7-12(13(16)17-9-3)15(8-2)11(4)10-14(5)6/h11-12H,7-10H2,1-6H3. The molecular formula is C13H28N2O2. The van der Waals surface area contributed by atoms with Crippen molar-refractivity contribution in [3.63, 3.8) is 0 Å². The maximum Gasteiger partial charge on any atom is 0.323 e. The molecule has 2 unspecified atom stereocenters. The first kappa shape index (κ1) is 16.4. The van der Waals surface area contributed by atoms with Gasteiger partial charge in [-0.25, -0.2) is 0 Å². The number of rotatable bonds is 8. The van der Waals surface area contributed by atoms with Crippen LogP contribution in [0.2, 0.25) is 0 Å². The van der Waals surface area contributed by atoms with Crippen LogP contribution in [0.4, 0.5) is 0 Å². The molecule has 0 N–H and O–H groups in total. The van der Waals surface area contributed by atoms with Gasteiger partial charge in [-0.05, 0) is 40.9 Å². The summed E-state index contributed by atoms with van der Waals surface area (Å²) in [5.41, 5.74) is 0. The molecule has 0 radical (unpaired) electrons. The second-order valence-corrected chi connectivity index (χ2v) is 4.62. The molecular weight excluding hydrogens is 216 g/mol. The Morgan fingerprint density at radius 1 is 1.24 bits per heavy atom. The highest BCUT2D eigenvalue weighted by atomic mass is 16.5. The van der Waals surface area contributed by atoms with Crippen molar-refractivity contribution in [1.29, 1.82) is 0 Å². The Morgan fingerprint density at radius 2 is 1.82 bits per heavy atom. The Kier molecular flexibility index (Phi) is 8.17. The molecule has 0 fully saturated rings. The third-order valence-electron chi connectivity index (χ3n) is 2.91. The normalized spacial score (nSPS) is 15.1. The van der Waals surface area contributed by atoms with Gasteiger partial charge in [-0.1, -0.05) is 13.8 Å². The molecule has 0 aliphatic carbocycles. The lowest BCUT2D eigenvalue weighted by molar-refractivity contribution is -0.150. The molecule has 102 valence electrons. The summed E-state index contributed by atoms with van der Waals surface area (Å²) in [5, 5.41) is 0. The second-order valence-electron chi connectivity index (χ2n) is 4.62. The van der Waals surface area contributed by atoms with Crippen LogP contribution in [0, 0.1) is 0 Å². The topological polar surface area (TPSA) is 32.8 Å². The van der Waals surface area contributed by atoms with Gasteiger partial charge in [0.2, 0.25) is 0 Å². The molecule has 0 aliphatic rings. The summed E-state index contributed by atoms with van der Waals surface area (Å²) >= 11 is 0. The third-order valence-corrected chi connectivity index (χ3v) is 2.91. The summed E-state index contributed by atoms with van der Waals surface area (Å²) in [7, 11) is 4.10. The Bertz CT molecular complexity index is 219. The molecule has 0 spiro atoms. The smallest absolute Gasteiger partial charge is 0.323 e. The van der Waals surface area contributed by atoms with Gasteiger partial charge in [0.1, 0.15) is 6.04 Å². The maximum absolute atomic E-state index is 11.9. The van der Waals surface area contributed by atoms with Crippen LogP contribution in [0.25, 0.3) is 0 Å². The summed E-state index contributed by atoms with van der Waals surface area (Å²) in [6, 6.07) is 0.235. The van der Waals surface area contributed by atoms with E-state index in [4.69, 9.17) is 4.74 Å².